The number of hydrogen-bond donors (Lipinski definition) is 0. The van der Waals surface area contributed by atoms with E-state index in [1.54, 1.807) is 0 Å². The van der Waals surface area contributed by atoms with Gasteiger partial charge in [0.05, 0.1) is 0 Å². The lowest BCUT2D eigenvalue weighted by atomic mass is 10.3. The lowest BCUT2D eigenvalue weighted by molar-refractivity contribution is 0.897. The van der Waals surface area contributed by atoms with Crippen molar-refractivity contribution in [2.24, 2.45) is 0 Å². The second kappa shape index (κ2) is 15.4. The van der Waals surface area contributed by atoms with Crippen LogP contribution in [0.15, 0.2) is 0 Å². The summed E-state index contributed by atoms with van der Waals surface area (Å²) in [5, 5.41) is 0.177. The van der Waals surface area contributed by atoms with Crippen LogP contribution in [0.1, 0.15) is 0 Å². The molecule has 0 aliphatic carbocycles. The summed E-state index contributed by atoms with van der Waals surface area (Å²) in [4.78, 5) is 0. The Balaban J connectivity index is 4.81. The van der Waals surface area contributed by atoms with Gasteiger partial charge < -0.3 is 0 Å². The molecule has 0 aliphatic rings. The molecule has 0 saturated heterocycles. The third-order valence-corrected chi connectivity index (χ3v) is 17.4. The van der Waals surface area contributed by atoms with Crippen LogP contribution in [0.25, 0.3) is 0 Å². The van der Waals surface area contributed by atoms with Crippen LogP contribution in [0, 0.1) is 0 Å². The van der Waals surface area contributed by atoms with Gasteiger partial charge in [-0.1, -0.05) is 65.3 Å². The Hall–Kier alpha value is 4.90. The highest BCUT2D eigenvalue weighted by Crippen LogP contribution is 2.43. The number of rotatable bonds is 11. The Morgan fingerprint density at radius 3 is 1.06 bits per heavy atom. The predicted octanol–water partition coefficient (Wildman–Crippen LogP) is 6.94. The van der Waals surface area contributed by atoms with E-state index in [1.807, 2.05) is 0 Å². The van der Waals surface area contributed by atoms with Crippen molar-refractivity contribution in [3.8, 4) is 0 Å². The molecule has 2 radical (unpaired) electrons. The van der Waals surface area contributed by atoms with Gasteiger partial charge >= 0.3 is 28.2 Å². The van der Waals surface area contributed by atoms with Crippen molar-refractivity contribution in [2.75, 3.05) is 0 Å². The molecule has 0 N–H and O–H groups in total. The molecular formula is C4H4Al2Cl6S6. The minimum Gasteiger partial charge on any atom is -0.173 e. The van der Waals surface area contributed by atoms with E-state index in [4.69, 9.17) is 64.1 Å². The van der Waals surface area contributed by atoms with Gasteiger partial charge in [0.15, 0.2) is 0 Å². The van der Waals surface area contributed by atoms with Crippen molar-refractivity contribution < 1.29 is 0 Å². The standard InChI is InChI=1S/C4H4Cl4S4.2Al.2ClS/c5-9-1-3(11-7)4(12-8)2-10-6;;;2*1-2/h1-4H;;;;/q;2*+1;2*-1. The van der Waals surface area contributed by atoms with E-state index >= 15 is 0 Å². The Labute approximate surface area is 170 Å². The van der Waals surface area contributed by atoms with E-state index < -0.39 is 0 Å². The predicted molar refractivity (Wildman–Crippen MR) is 107 cm³/mol. The first kappa shape index (κ1) is 22.9. The molecule has 0 saturated carbocycles. The average Bonchev–Trinajstić information content (AvgIpc) is 2.40. The minimum absolute atomic E-state index is 0.0687. The fraction of sp³-hybridized carbons (Fsp3) is 1.00. The zero-order valence-corrected chi connectivity index (χ0v) is 19.9. The van der Waals surface area contributed by atoms with Crippen LogP contribution in [0.5, 0.6) is 0 Å². The summed E-state index contributed by atoms with van der Waals surface area (Å²) in [6.45, 7) is 0. The van der Waals surface area contributed by atoms with Gasteiger partial charge in [-0.15, -0.1) is 0 Å². The molecule has 0 amide bonds. The van der Waals surface area contributed by atoms with Gasteiger partial charge in [0.25, 0.3) is 0 Å². The summed E-state index contributed by atoms with van der Waals surface area (Å²) in [7, 11) is 42.9. The van der Waals surface area contributed by atoms with E-state index in [2.05, 4.69) is 0 Å². The van der Waals surface area contributed by atoms with E-state index in [9.17, 15) is 0 Å². The minimum atomic E-state index is -0.0687. The smallest absolute Gasteiger partial charge is 0.173 e. The molecule has 0 rings (SSSR count). The Kier molecular flexibility index (Phi) is 19.6. The first-order valence-corrected chi connectivity index (χ1v) is 18.4. The molecule has 0 bridgehead atoms. The zero-order chi connectivity index (χ0) is 14.0. The maximum Gasteiger partial charge on any atom is 0.348 e. The monoisotopic (exact) mass is 508 g/mol. The van der Waals surface area contributed by atoms with Crippen LogP contribution in [0.2, 0.25) is 0 Å². The van der Waals surface area contributed by atoms with Crippen molar-refractivity contribution >= 4 is 155 Å². The third kappa shape index (κ3) is 8.67. The Morgan fingerprint density at radius 2 is 0.889 bits per heavy atom. The zero-order valence-electron chi connectivity index (χ0n) is 8.18. The highest BCUT2D eigenvalue weighted by atomic mass is 35.7. The van der Waals surface area contributed by atoms with Crippen LogP contribution in [-0.2, 0) is 0 Å². The second-order valence-electron chi connectivity index (χ2n) is 2.67. The van der Waals surface area contributed by atoms with Crippen LogP contribution in [0.3, 0.4) is 0 Å². The maximum atomic E-state index is 6.00. The molecule has 4 unspecified atom stereocenters. The molecule has 0 spiro atoms. The summed E-state index contributed by atoms with van der Waals surface area (Å²) in [5.74, 6) is 0. The Morgan fingerprint density at radius 1 is 0.556 bits per heavy atom. The summed E-state index contributed by atoms with van der Waals surface area (Å²) in [5.41, 5.74) is 0. The third-order valence-electron chi connectivity index (χ3n) is 1.75. The highest BCUT2D eigenvalue weighted by molar-refractivity contribution is 8.42. The van der Waals surface area contributed by atoms with Gasteiger partial charge in [-0.2, -0.15) is 18.7 Å². The van der Waals surface area contributed by atoms with Crippen molar-refractivity contribution in [3.63, 3.8) is 0 Å². The van der Waals surface area contributed by atoms with Gasteiger partial charge in [0.1, 0.15) is 0 Å². The summed E-state index contributed by atoms with van der Waals surface area (Å²) >= 11 is -0.137. The van der Waals surface area contributed by atoms with Crippen molar-refractivity contribution in [2.45, 2.75) is 18.7 Å². The topological polar surface area (TPSA) is 0 Å². The van der Waals surface area contributed by atoms with Gasteiger partial charge in [-0.05, 0) is 51.0 Å². The van der Waals surface area contributed by atoms with Crippen LogP contribution >= 0.6 is 127 Å². The van der Waals surface area contributed by atoms with E-state index in [1.165, 1.54) is 62.6 Å². The van der Waals surface area contributed by atoms with Crippen molar-refractivity contribution in [1.82, 2.24) is 0 Å². The van der Waals surface area contributed by atoms with Crippen molar-refractivity contribution in [3.05, 3.63) is 0 Å². The fourth-order valence-electron chi connectivity index (χ4n) is 0.976. The van der Waals surface area contributed by atoms with Crippen LogP contribution < -0.4 is 0 Å². The van der Waals surface area contributed by atoms with E-state index in [0.717, 1.165) is 0 Å². The Bertz CT molecular complexity index is 187. The molecule has 14 heteroatoms. The van der Waals surface area contributed by atoms with Crippen LogP contribution in [0.4, 0.5) is 0 Å². The lowest BCUT2D eigenvalue weighted by Gasteiger charge is -2.31. The molecule has 0 aromatic rings. The molecular weight excluding hydrogens is 507 g/mol. The quantitative estimate of drug-likeness (QED) is 0.274. The molecule has 104 valence electrons. The largest absolute Gasteiger partial charge is 0.348 e. The van der Waals surface area contributed by atoms with Gasteiger partial charge in [-0.3, -0.25) is 0 Å². The number of hydrogen-bond acceptors (Lipinski definition) is 6. The molecule has 0 nitrogen and oxygen atoms in total. The number of halogens is 6. The normalized spacial score (nSPS) is 17.9. The molecule has 4 atom stereocenters. The molecule has 18 heavy (non-hydrogen) atoms. The van der Waals surface area contributed by atoms with Gasteiger partial charge in [0, 0.05) is 10.5 Å². The molecule has 0 aromatic heterocycles. The summed E-state index contributed by atoms with van der Waals surface area (Å²) in [6, 6.07) is 0. The van der Waals surface area contributed by atoms with Crippen LogP contribution in [-0.4, -0.2) is 46.9 Å². The first-order chi connectivity index (χ1) is 8.69. The molecule has 0 heterocycles. The van der Waals surface area contributed by atoms with Gasteiger partial charge in [-0.25, -0.2) is 0 Å². The highest BCUT2D eigenvalue weighted by Gasteiger charge is 2.37. The summed E-state index contributed by atoms with van der Waals surface area (Å²) < 4.78 is 0.359. The maximum absolute atomic E-state index is 6.00. The SMILES string of the molecule is Cl[S][Al][CH](SCl)C(SCl)C(SCl)[CH]([Al][S]Cl)SCl. The molecule has 0 fully saturated rings. The second-order valence-corrected chi connectivity index (χ2v) is 16.9. The average molecular weight is 511 g/mol. The van der Waals surface area contributed by atoms with Crippen molar-refractivity contribution in [1.29, 1.82) is 0 Å². The van der Waals surface area contributed by atoms with Gasteiger partial charge in [0.2, 0.25) is 0 Å². The summed E-state index contributed by atoms with van der Waals surface area (Å²) in [6.07, 6.45) is 0. The first-order valence-electron chi connectivity index (χ1n) is 4.01. The molecule has 0 aliphatic heterocycles. The molecule has 0 aromatic carbocycles. The lowest BCUT2D eigenvalue weighted by Crippen LogP contribution is -2.39. The fourth-order valence-corrected chi connectivity index (χ4v) is 19.1. The van der Waals surface area contributed by atoms with E-state index in [0.29, 0.717) is 0 Å². The van der Waals surface area contributed by atoms with E-state index in [-0.39, 0.29) is 46.9 Å².